The minimum Gasteiger partial charge on any atom is -0.394 e. The molecule has 33 heavy (non-hydrogen) atoms. The number of rotatable bonds is 8. The number of carbonyl (C=O) groups excluding carboxylic acids is 1. The predicted molar refractivity (Wildman–Crippen MR) is 109 cm³/mol. The van der Waals surface area contributed by atoms with Crippen LogP contribution in [0.1, 0.15) is 12.5 Å². The van der Waals surface area contributed by atoms with Crippen molar-refractivity contribution in [2.75, 3.05) is 13.2 Å². The molecule has 2 aliphatic rings. The van der Waals surface area contributed by atoms with Crippen LogP contribution in [0.5, 0.6) is 0 Å². The lowest BCUT2D eigenvalue weighted by molar-refractivity contribution is -0.322. The second-order valence-corrected chi connectivity index (χ2v) is 8.08. The lowest BCUT2D eigenvalue weighted by atomic mass is 9.96. The zero-order valence-corrected chi connectivity index (χ0v) is 18.0. The van der Waals surface area contributed by atoms with Crippen molar-refractivity contribution < 1.29 is 54.4 Å². The number of aliphatic hydroxyl groups excluding tert-OH is 6. The second-order valence-electron chi connectivity index (χ2n) is 8.08. The normalized spacial score (nSPS) is 39.2. The first kappa shape index (κ1) is 25.9. The van der Waals surface area contributed by atoms with E-state index >= 15 is 0 Å². The van der Waals surface area contributed by atoms with Gasteiger partial charge in [-0.3, -0.25) is 4.79 Å². The molecule has 12 nitrogen and oxygen atoms in total. The van der Waals surface area contributed by atoms with E-state index in [0.717, 1.165) is 5.56 Å². The number of aliphatic hydroxyl groups is 6. The highest BCUT2D eigenvalue weighted by molar-refractivity contribution is 5.73. The predicted octanol–water partition coefficient (Wildman–Crippen LogP) is -3.03. The quantitative estimate of drug-likeness (QED) is 0.203. The first-order valence-corrected chi connectivity index (χ1v) is 10.6. The van der Waals surface area contributed by atoms with Gasteiger partial charge in [-0.1, -0.05) is 30.3 Å². The molecule has 12 heteroatoms. The minimum atomic E-state index is -1.63. The Hall–Kier alpha value is -1.71. The number of nitrogens with one attached hydrogen (secondary N) is 1. The van der Waals surface area contributed by atoms with Crippen LogP contribution in [-0.2, 0) is 30.3 Å². The molecule has 0 aliphatic carbocycles. The van der Waals surface area contributed by atoms with E-state index in [1.165, 1.54) is 6.92 Å². The molecule has 10 atom stereocenters. The zero-order chi connectivity index (χ0) is 24.1. The molecule has 2 aliphatic heterocycles. The van der Waals surface area contributed by atoms with Crippen molar-refractivity contribution in [1.82, 2.24) is 5.32 Å². The van der Waals surface area contributed by atoms with Gasteiger partial charge in [-0.15, -0.1) is 0 Å². The highest BCUT2D eigenvalue weighted by Gasteiger charge is 2.48. The number of hydrogen-bond acceptors (Lipinski definition) is 11. The molecule has 186 valence electrons. The Kier molecular flexibility index (Phi) is 9.12. The van der Waals surface area contributed by atoms with Gasteiger partial charge >= 0.3 is 0 Å². The summed E-state index contributed by atoms with van der Waals surface area (Å²) in [5.41, 5.74) is 0.817. The molecular weight excluding hydrogens is 442 g/mol. The summed E-state index contributed by atoms with van der Waals surface area (Å²) in [7, 11) is 0. The number of ether oxygens (including phenoxy) is 4. The van der Waals surface area contributed by atoms with Crippen LogP contribution in [0.25, 0.3) is 0 Å². The third-order valence-corrected chi connectivity index (χ3v) is 5.60. The van der Waals surface area contributed by atoms with Gasteiger partial charge in [0, 0.05) is 6.92 Å². The van der Waals surface area contributed by atoms with Gasteiger partial charge < -0.3 is 54.9 Å². The summed E-state index contributed by atoms with van der Waals surface area (Å²) in [6.07, 6.45) is -12.7. The number of amides is 1. The Balaban J connectivity index is 1.66. The summed E-state index contributed by atoms with van der Waals surface area (Å²) >= 11 is 0. The molecule has 2 saturated heterocycles. The van der Waals surface area contributed by atoms with Crippen LogP contribution < -0.4 is 5.32 Å². The summed E-state index contributed by atoms with van der Waals surface area (Å²) in [6.45, 7) is 0.325. The molecule has 1 amide bonds. The van der Waals surface area contributed by atoms with Crippen molar-refractivity contribution in [3.05, 3.63) is 35.9 Å². The molecule has 0 bridgehead atoms. The molecule has 0 unspecified atom stereocenters. The van der Waals surface area contributed by atoms with Crippen LogP contribution in [0.4, 0.5) is 0 Å². The van der Waals surface area contributed by atoms with Gasteiger partial charge in [0.05, 0.1) is 19.8 Å². The van der Waals surface area contributed by atoms with Crippen LogP contribution >= 0.6 is 0 Å². The highest BCUT2D eigenvalue weighted by atomic mass is 16.7. The van der Waals surface area contributed by atoms with E-state index < -0.39 is 80.5 Å². The van der Waals surface area contributed by atoms with Gasteiger partial charge in [0.15, 0.2) is 12.6 Å². The maximum absolute atomic E-state index is 11.6. The average molecular weight is 473 g/mol. The van der Waals surface area contributed by atoms with E-state index in [0.29, 0.717) is 0 Å². The Morgan fingerprint density at radius 2 is 1.52 bits per heavy atom. The average Bonchev–Trinajstić information content (AvgIpc) is 2.81. The van der Waals surface area contributed by atoms with Crippen molar-refractivity contribution >= 4 is 5.91 Å². The molecule has 3 rings (SSSR count). The van der Waals surface area contributed by atoms with Gasteiger partial charge in [0.25, 0.3) is 0 Å². The van der Waals surface area contributed by atoms with Crippen LogP contribution in [0.15, 0.2) is 30.3 Å². The third kappa shape index (κ3) is 6.25. The van der Waals surface area contributed by atoms with Crippen molar-refractivity contribution in [3.8, 4) is 0 Å². The lowest BCUT2D eigenvalue weighted by Crippen LogP contribution is -2.65. The summed E-state index contributed by atoms with van der Waals surface area (Å²) < 4.78 is 22.2. The van der Waals surface area contributed by atoms with Crippen LogP contribution in [-0.4, -0.2) is 111 Å². The van der Waals surface area contributed by atoms with Crippen LogP contribution in [0.2, 0.25) is 0 Å². The van der Waals surface area contributed by atoms with Gasteiger partial charge in [0.1, 0.15) is 48.8 Å². The molecule has 2 heterocycles. The first-order valence-electron chi connectivity index (χ1n) is 10.6. The number of carbonyl (C=O) groups is 1. The van der Waals surface area contributed by atoms with Crippen molar-refractivity contribution in [2.24, 2.45) is 0 Å². The molecule has 0 spiro atoms. The maximum atomic E-state index is 11.6. The number of benzene rings is 1. The van der Waals surface area contributed by atoms with E-state index in [1.807, 2.05) is 30.3 Å². The van der Waals surface area contributed by atoms with Crippen LogP contribution in [0, 0.1) is 0 Å². The molecule has 0 aromatic heterocycles. The van der Waals surface area contributed by atoms with Gasteiger partial charge in [-0.2, -0.15) is 0 Å². The highest BCUT2D eigenvalue weighted by Crippen LogP contribution is 2.26. The minimum absolute atomic E-state index is 0.102. The topological polar surface area (TPSA) is 187 Å². The van der Waals surface area contributed by atoms with Crippen molar-refractivity contribution in [2.45, 2.75) is 74.9 Å². The Morgan fingerprint density at radius 1 is 0.879 bits per heavy atom. The first-order chi connectivity index (χ1) is 15.7. The molecule has 7 N–H and O–H groups in total. The third-order valence-electron chi connectivity index (χ3n) is 5.60. The Labute approximate surface area is 190 Å². The second kappa shape index (κ2) is 11.6. The monoisotopic (exact) mass is 473 g/mol. The van der Waals surface area contributed by atoms with Gasteiger partial charge in [-0.05, 0) is 5.56 Å². The molecule has 1 aromatic rings. The Morgan fingerprint density at radius 3 is 2.15 bits per heavy atom. The SMILES string of the molecule is CC(=O)N[C@@H]1[C@H](OCc2ccccc2)O[C@@H](CO[C@@H]2O[C@H](CO)[C@H](O)[C@H](O)[C@H]2O)[C@@H](O)[C@H]1O. The van der Waals surface area contributed by atoms with E-state index in [4.69, 9.17) is 18.9 Å². The van der Waals surface area contributed by atoms with Crippen LogP contribution in [0.3, 0.4) is 0 Å². The fourth-order valence-electron chi connectivity index (χ4n) is 3.75. The summed E-state index contributed by atoms with van der Waals surface area (Å²) in [5.74, 6) is -0.459. The largest absolute Gasteiger partial charge is 0.394 e. The molecule has 2 fully saturated rings. The smallest absolute Gasteiger partial charge is 0.217 e. The molecule has 0 radical (unpaired) electrons. The molecule has 1 aromatic carbocycles. The summed E-state index contributed by atoms with van der Waals surface area (Å²) in [6, 6.07) is 8.06. The maximum Gasteiger partial charge on any atom is 0.217 e. The summed E-state index contributed by atoms with van der Waals surface area (Å²) in [5, 5.41) is 62.8. The van der Waals surface area contributed by atoms with Gasteiger partial charge in [0.2, 0.25) is 5.91 Å². The zero-order valence-electron chi connectivity index (χ0n) is 18.0. The lowest BCUT2D eigenvalue weighted by Gasteiger charge is -2.44. The van der Waals surface area contributed by atoms with E-state index in [1.54, 1.807) is 0 Å². The Bertz CT molecular complexity index is 751. The van der Waals surface area contributed by atoms with Crippen molar-refractivity contribution in [3.63, 3.8) is 0 Å². The van der Waals surface area contributed by atoms with E-state index in [2.05, 4.69) is 5.32 Å². The summed E-state index contributed by atoms with van der Waals surface area (Å²) in [4.78, 5) is 11.6. The number of hydrogen-bond donors (Lipinski definition) is 7. The standard InChI is InChI=1S/C21H31NO11/c1-10(24)22-14-17(27)16(26)13(33-20(14)30-8-11-5-3-2-4-6-11)9-31-21-19(29)18(28)15(25)12(7-23)32-21/h2-6,12-21,23,25-29H,7-9H2,1H3,(H,22,24)/t12-,13+,14+,15+,16-,17+,18+,19-,20-,21-/m1/s1. The van der Waals surface area contributed by atoms with E-state index in [9.17, 15) is 35.4 Å². The fourth-order valence-corrected chi connectivity index (χ4v) is 3.75. The molecular formula is C21H31NO11. The van der Waals surface area contributed by atoms with Crippen molar-refractivity contribution in [1.29, 1.82) is 0 Å². The molecule has 0 saturated carbocycles. The fraction of sp³-hybridized carbons (Fsp3) is 0.667. The van der Waals surface area contributed by atoms with E-state index in [-0.39, 0.29) is 6.61 Å². The van der Waals surface area contributed by atoms with Gasteiger partial charge in [-0.25, -0.2) is 0 Å².